The number of benzene rings is 2. The fourth-order valence-electron chi connectivity index (χ4n) is 3.54. The molecule has 0 bridgehead atoms. The number of likely N-dealkylation sites (N-methyl/N-ethyl adjacent to an activating group) is 1. The molecule has 0 atom stereocenters. The van der Waals surface area contributed by atoms with Gasteiger partial charge in [0.2, 0.25) is 15.9 Å². The van der Waals surface area contributed by atoms with E-state index in [1.54, 1.807) is 49.2 Å². The van der Waals surface area contributed by atoms with Crippen molar-refractivity contribution in [2.75, 3.05) is 20.1 Å². The Morgan fingerprint density at radius 3 is 2.49 bits per heavy atom. The monoisotopic (exact) mass is 498 g/mol. The van der Waals surface area contributed by atoms with E-state index < -0.39 is 10.0 Å². The molecule has 1 aromatic heterocycles. The van der Waals surface area contributed by atoms with Crippen LogP contribution in [0.4, 0.5) is 4.39 Å². The van der Waals surface area contributed by atoms with Crippen molar-refractivity contribution in [2.24, 2.45) is 0 Å². The van der Waals surface area contributed by atoms with Crippen LogP contribution in [0.25, 0.3) is 17.3 Å². The van der Waals surface area contributed by atoms with Crippen LogP contribution in [0, 0.1) is 5.82 Å². The molecule has 0 aliphatic carbocycles. The molecule has 3 aromatic rings. The Kier molecular flexibility index (Phi) is 9.33. The minimum Gasteiger partial charge on any atom is -0.342 e. The van der Waals surface area contributed by atoms with Crippen LogP contribution in [-0.2, 0) is 21.2 Å². The van der Waals surface area contributed by atoms with Gasteiger partial charge in [0.05, 0.1) is 10.6 Å². The van der Waals surface area contributed by atoms with Crippen LogP contribution in [0.3, 0.4) is 0 Å². The lowest BCUT2D eigenvalue weighted by atomic mass is 10.1. The number of aryl methyl sites for hydroxylation is 1. The highest BCUT2D eigenvalue weighted by Gasteiger charge is 2.11. The van der Waals surface area contributed by atoms with Gasteiger partial charge in [-0.3, -0.25) is 9.89 Å². The standard InChI is InChI=1S/C26H31FN4O3S/c1-3-28-35(33,34)24-15-8-20(9-16-24)10-17-26(32)31(2)18-6-4-5-7-23-19-25(30-29-23)21-11-13-22(27)14-12-21/h8-17,19,28H,3-7,18H2,1-2H3,(H,29,30)/b17-10+. The van der Waals surface area contributed by atoms with Gasteiger partial charge >= 0.3 is 0 Å². The van der Waals surface area contributed by atoms with Gasteiger partial charge in [-0.15, -0.1) is 0 Å². The van der Waals surface area contributed by atoms with E-state index in [9.17, 15) is 17.6 Å². The van der Waals surface area contributed by atoms with Gasteiger partial charge in [0.25, 0.3) is 0 Å². The van der Waals surface area contributed by atoms with Crippen molar-refractivity contribution in [1.82, 2.24) is 19.8 Å². The van der Waals surface area contributed by atoms with Gasteiger partial charge in [-0.1, -0.05) is 25.5 Å². The molecular formula is C26H31FN4O3S. The number of hydrogen-bond acceptors (Lipinski definition) is 4. The van der Waals surface area contributed by atoms with E-state index in [-0.39, 0.29) is 16.6 Å². The number of amides is 1. The van der Waals surface area contributed by atoms with Crippen LogP contribution < -0.4 is 4.72 Å². The van der Waals surface area contributed by atoms with E-state index in [0.717, 1.165) is 48.2 Å². The van der Waals surface area contributed by atoms with E-state index in [0.29, 0.717) is 13.1 Å². The number of aromatic nitrogens is 2. The number of rotatable bonds is 12. The summed E-state index contributed by atoms with van der Waals surface area (Å²) in [5.74, 6) is -0.373. The van der Waals surface area contributed by atoms with E-state index in [1.807, 2.05) is 6.07 Å². The summed E-state index contributed by atoms with van der Waals surface area (Å²) in [4.78, 5) is 14.2. The Hall–Kier alpha value is -3.30. The summed E-state index contributed by atoms with van der Waals surface area (Å²) in [6.45, 7) is 2.70. The molecule has 186 valence electrons. The number of carbonyl (C=O) groups is 1. The third-order valence-corrected chi connectivity index (χ3v) is 7.09. The molecule has 2 aromatic carbocycles. The van der Waals surface area contributed by atoms with Crippen LogP contribution in [-0.4, -0.2) is 49.6 Å². The van der Waals surface area contributed by atoms with Crippen molar-refractivity contribution in [2.45, 2.75) is 37.5 Å². The molecule has 0 aliphatic rings. The second kappa shape index (κ2) is 12.4. The molecule has 35 heavy (non-hydrogen) atoms. The first kappa shape index (κ1) is 26.3. The van der Waals surface area contributed by atoms with Gasteiger partial charge in [-0.25, -0.2) is 17.5 Å². The van der Waals surface area contributed by atoms with Gasteiger partial charge in [0.15, 0.2) is 0 Å². The van der Waals surface area contributed by atoms with Crippen LogP contribution in [0.2, 0.25) is 0 Å². The molecule has 9 heteroatoms. The third-order valence-electron chi connectivity index (χ3n) is 5.53. The molecule has 0 unspecified atom stereocenters. The molecule has 0 aliphatic heterocycles. The van der Waals surface area contributed by atoms with Crippen LogP contribution >= 0.6 is 0 Å². The molecular weight excluding hydrogens is 467 g/mol. The third kappa shape index (κ3) is 7.87. The molecule has 0 fully saturated rings. The summed E-state index contributed by atoms with van der Waals surface area (Å²) in [6, 6.07) is 14.6. The second-order valence-electron chi connectivity index (χ2n) is 8.26. The summed E-state index contributed by atoms with van der Waals surface area (Å²) in [6.07, 6.45) is 6.84. The average molecular weight is 499 g/mol. The fourth-order valence-corrected chi connectivity index (χ4v) is 4.58. The maximum atomic E-state index is 13.1. The SMILES string of the molecule is CCNS(=O)(=O)c1ccc(/C=C/C(=O)N(C)CCCCCc2cc(-c3ccc(F)cc3)n[nH]2)cc1. The quantitative estimate of drug-likeness (QED) is 0.286. The maximum absolute atomic E-state index is 13.1. The number of hydrogen-bond donors (Lipinski definition) is 2. The number of sulfonamides is 1. The Morgan fingerprint density at radius 1 is 1.09 bits per heavy atom. The molecule has 0 saturated heterocycles. The van der Waals surface area contributed by atoms with Crippen molar-refractivity contribution >= 4 is 22.0 Å². The number of carbonyl (C=O) groups excluding carboxylic acids is 1. The Bertz CT molecular complexity index is 1240. The van der Waals surface area contributed by atoms with Crippen molar-refractivity contribution in [3.63, 3.8) is 0 Å². The smallest absolute Gasteiger partial charge is 0.246 e. The largest absolute Gasteiger partial charge is 0.342 e. The minimum absolute atomic E-state index is 0.105. The first-order valence-electron chi connectivity index (χ1n) is 11.6. The summed E-state index contributed by atoms with van der Waals surface area (Å²) < 4.78 is 39.5. The highest BCUT2D eigenvalue weighted by molar-refractivity contribution is 7.89. The number of unbranched alkanes of at least 4 members (excludes halogenated alkanes) is 2. The second-order valence-corrected chi connectivity index (χ2v) is 10.0. The van der Waals surface area contributed by atoms with E-state index in [4.69, 9.17) is 0 Å². The van der Waals surface area contributed by atoms with Gasteiger partial charge < -0.3 is 4.90 Å². The number of nitrogens with zero attached hydrogens (tertiary/aromatic N) is 2. The lowest BCUT2D eigenvalue weighted by Gasteiger charge is -2.14. The van der Waals surface area contributed by atoms with Gasteiger partial charge in [0.1, 0.15) is 5.82 Å². The Balaban J connectivity index is 1.38. The topological polar surface area (TPSA) is 95.2 Å². The highest BCUT2D eigenvalue weighted by atomic mass is 32.2. The van der Waals surface area contributed by atoms with Crippen LogP contribution in [0.1, 0.15) is 37.4 Å². The zero-order chi connectivity index (χ0) is 25.3. The molecule has 0 radical (unpaired) electrons. The van der Waals surface area contributed by atoms with Gasteiger partial charge in [-0.2, -0.15) is 5.10 Å². The Labute approximate surface area is 206 Å². The summed E-state index contributed by atoms with van der Waals surface area (Å²) in [5.41, 5.74) is 3.45. The average Bonchev–Trinajstić information content (AvgIpc) is 3.31. The lowest BCUT2D eigenvalue weighted by molar-refractivity contribution is -0.124. The Morgan fingerprint density at radius 2 is 1.80 bits per heavy atom. The number of aromatic amines is 1. The first-order valence-corrected chi connectivity index (χ1v) is 13.1. The maximum Gasteiger partial charge on any atom is 0.246 e. The summed E-state index contributed by atoms with van der Waals surface area (Å²) in [5, 5.41) is 7.33. The van der Waals surface area contributed by atoms with Gasteiger partial charge in [-0.05, 0) is 73.4 Å². The molecule has 0 saturated carbocycles. The fraction of sp³-hybridized carbons (Fsp3) is 0.308. The number of H-pyrrole nitrogens is 1. The highest BCUT2D eigenvalue weighted by Crippen LogP contribution is 2.19. The molecule has 3 rings (SSSR count). The van der Waals surface area contributed by atoms with Gasteiger partial charge in [0, 0.05) is 37.5 Å². The zero-order valence-corrected chi connectivity index (χ0v) is 20.8. The van der Waals surface area contributed by atoms with E-state index >= 15 is 0 Å². The molecule has 1 heterocycles. The normalized spacial score (nSPS) is 11.7. The van der Waals surface area contributed by atoms with Crippen molar-refractivity contribution in [1.29, 1.82) is 0 Å². The van der Waals surface area contributed by atoms with Crippen molar-refractivity contribution < 1.29 is 17.6 Å². The minimum atomic E-state index is -3.49. The predicted octanol–water partition coefficient (Wildman–Crippen LogP) is 4.40. The zero-order valence-electron chi connectivity index (χ0n) is 20.0. The van der Waals surface area contributed by atoms with Crippen molar-refractivity contribution in [3.05, 3.63) is 77.7 Å². The number of halogens is 1. The summed E-state index contributed by atoms with van der Waals surface area (Å²) >= 11 is 0. The first-order chi connectivity index (χ1) is 16.8. The molecule has 1 amide bonds. The molecule has 7 nitrogen and oxygen atoms in total. The lowest BCUT2D eigenvalue weighted by Crippen LogP contribution is -2.25. The van der Waals surface area contributed by atoms with Crippen LogP contribution in [0.5, 0.6) is 0 Å². The molecule has 0 spiro atoms. The van der Waals surface area contributed by atoms with E-state index in [1.165, 1.54) is 30.3 Å². The van der Waals surface area contributed by atoms with Crippen molar-refractivity contribution in [3.8, 4) is 11.3 Å². The van der Waals surface area contributed by atoms with Crippen LogP contribution in [0.15, 0.2) is 65.6 Å². The molecule has 2 N–H and O–H groups in total. The van der Waals surface area contributed by atoms with E-state index in [2.05, 4.69) is 14.9 Å². The summed E-state index contributed by atoms with van der Waals surface area (Å²) in [7, 11) is -1.72. The number of nitrogens with one attached hydrogen (secondary N) is 2. The predicted molar refractivity (Wildman–Crippen MR) is 136 cm³/mol.